The molecule has 0 amide bonds. The summed E-state index contributed by atoms with van der Waals surface area (Å²) < 4.78 is 11.9. The summed E-state index contributed by atoms with van der Waals surface area (Å²) >= 11 is 0. The van der Waals surface area contributed by atoms with Crippen LogP contribution in [0.4, 0.5) is 0 Å². The van der Waals surface area contributed by atoms with Crippen LogP contribution in [0, 0.1) is 6.92 Å². The summed E-state index contributed by atoms with van der Waals surface area (Å²) in [5, 5.41) is 9.53. The predicted octanol–water partition coefficient (Wildman–Crippen LogP) is 3.91. The van der Waals surface area contributed by atoms with Gasteiger partial charge in [-0.1, -0.05) is 36.4 Å². The molecule has 1 saturated carbocycles. The van der Waals surface area contributed by atoms with E-state index in [0.29, 0.717) is 19.1 Å². The van der Waals surface area contributed by atoms with Crippen molar-refractivity contribution in [3.63, 3.8) is 0 Å². The van der Waals surface area contributed by atoms with Gasteiger partial charge in [0.15, 0.2) is 0 Å². The van der Waals surface area contributed by atoms with Crippen molar-refractivity contribution >= 4 is 0 Å². The van der Waals surface area contributed by atoms with Crippen molar-refractivity contribution in [3.05, 3.63) is 64.7 Å². The number of aliphatic hydroxyl groups is 1. The first kappa shape index (κ1) is 20.4. The number of benzene rings is 2. The third-order valence-electron chi connectivity index (χ3n) is 6.63. The van der Waals surface area contributed by atoms with Crippen molar-refractivity contribution in [2.24, 2.45) is 5.73 Å². The zero-order valence-electron chi connectivity index (χ0n) is 17.4. The molecule has 2 aliphatic rings. The lowest BCUT2D eigenvalue weighted by molar-refractivity contribution is 0.0261. The fourth-order valence-corrected chi connectivity index (χ4v) is 4.81. The molecule has 3 atom stereocenters. The van der Waals surface area contributed by atoms with E-state index >= 15 is 0 Å². The Hall–Kier alpha value is -1.88. The highest BCUT2D eigenvalue weighted by atomic mass is 16.5. The lowest BCUT2D eigenvalue weighted by Gasteiger charge is -2.26. The molecule has 2 aliphatic carbocycles. The van der Waals surface area contributed by atoms with Crippen molar-refractivity contribution in [3.8, 4) is 5.75 Å². The topological polar surface area (TPSA) is 64.7 Å². The van der Waals surface area contributed by atoms with E-state index in [9.17, 15) is 5.11 Å². The molecular formula is C25H33NO3. The van der Waals surface area contributed by atoms with Crippen molar-refractivity contribution in [1.29, 1.82) is 0 Å². The summed E-state index contributed by atoms with van der Waals surface area (Å²) in [5.74, 6) is 1.41. The molecule has 2 aromatic rings. The number of hydrogen-bond acceptors (Lipinski definition) is 4. The number of para-hydroxylation sites is 1. The maximum Gasteiger partial charge on any atom is 0.122 e. The molecule has 1 fully saturated rings. The summed E-state index contributed by atoms with van der Waals surface area (Å²) in [6, 6.07) is 15.0. The van der Waals surface area contributed by atoms with Gasteiger partial charge in [0.2, 0.25) is 0 Å². The van der Waals surface area contributed by atoms with Gasteiger partial charge < -0.3 is 20.3 Å². The largest absolute Gasteiger partial charge is 0.491 e. The normalized spacial score (nSPS) is 26.3. The number of rotatable bonds is 7. The summed E-state index contributed by atoms with van der Waals surface area (Å²) in [5.41, 5.74) is 11.3. The monoisotopic (exact) mass is 395 g/mol. The van der Waals surface area contributed by atoms with E-state index < -0.39 is 0 Å². The van der Waals surface area contributed by atoms with E-state index in [0.717, 1.165) is 49.8 Å². The quantitative estimate of drug-likeness (QED) is 0.698. The van der Waals surface area contributed by atoms with Gasteiger partial charge in [0.05, 0.1) is 19.3 Å². The van der Waals surface area contributed by atoms with Gasteiger partial charge in [-0.2, -0.15) is 0 Å². The van der Waals surface area contributed by atoms with E-state index in [1.165, 1.54) is 16.7 Å². The van der Waals surface area contributed by atoms with E-state index in [-0.39, 0.29) is 18.2 Å². The predicted molar refractivity (Wildman–Crippen MR) is 115 cm³/mol. The Labute approximate surface area is 174 Å². The standard InChI is InChI=1S/C25H33NO3/c1-18-4-2-3-5-24(18)29-13-12-28-23-9-8-19-14-20(6-7-21(19)15-23)22-10-11-25(26,16-22)17-27/h2-7,14,22-23,27H,8-13,15-17,26H2,1H3/t22-,23-,25+/m0/s1. The molecule has 4 heteroatoms. The minimum Gasteiger partial charge on any atom is -0.491 e. The van der Waals surface area contributed by atoms with Gasteiger partial charge in [0.25, 0.3) is 0 Å². The molecule has 0 unspecified atom stereocenters. The molecular weight excluding hydrogens is 362 g/mol. The van der Waals surface area contributed by atoms with Crippen LogP contribution in [0.1, 0.15) is 53.9 Å². The fraction of sp³-hybridized carbons (Fsp3) is 0.520. The SMILES string of the molecule is Cc1ccccc1OCCO[C@H]1CCc2cc([C@H]3CC[C@](N)(CO)C3)ccc2C1. The molecule has 3 N–H and O–H groups in total. The minimum atomic E-state index is -0.389. The molecule has 2 aromatic carbocycles. The summed E-state index contributed by atoms with van der Waals surface area (Å²) in [6.45, 7) is 3.35. The van der Waals surface area contributed by atoms with E-state index in [1.54, 1.807) is 0 Å². The van der Waals surface area contributed by atoms with Crippen LogP contribution in [0.3, 0.4) is 0 Å². The van der Waals surface area contributed by atoms with Gasteiger partial charge in [-0.3, -0.25) is 0 Å². The summed E-state index contributed by atoms with van der Waals surface area (Å²) in [6.07, 6.45) is 6.23. The van der Waals surface area contributed by atoms with Crippen molar-refractivity contribution in [2.45, 2.75) is 63.0 Å². The van der Waals surface area contributed by atoms with Crippen LogP contribution in [0.15, 0.2) is 42.5 Å². The molecule has 0 aromatic heterocycles. The average molecular weight is 396 g/mol. The number of aliphatic hydroxyl groups excluding tert-OH is 1. The van der Waals surface area contributed by atoms with Gasteiger partial charge in [-0.05, 0) is 79.7 Å². The van der Waals surface area contributed by atoms with Crippen LogP contribution >= 0.6 is 0 Å². The van der Waals surface area contributed by atoms with Gasteiger partial charge in [0, 0.05) is 5.54 Å². The van der Waals surface area contributed by atoms with Crippen molar-refractivity contribution < 1.29 is 14.6 Å². The Morgan fingerprint density at radius 2 is 1.97 bits per heavy atom. The van der Waals surface area contributed by atoms with Gasteiger partial charge >= 0.3 is 0 Å². The average Bonchev–Trinajstić information content (AvgIpc) is 3.15. The van der Waals surface area contributed by atoms with Crippen LogP contribution < -0.4 is 10.5 Å². The molecule has 29 heavy (non-hydrogen) atoms. The van der Waals surface area contributed by atoms with Gasteiger partial charge in [-0.15, -0.1) is 0 Å². The second-order valence-corrected chi connectivity index (χ2v) is 8.84. The zero-order valence-corrected chi connectivity index (χ0v) is 17.4. The van der Waals surface area contributed by atoms with Crippen LogP contribution in [0.5, 0.6) is 5.75 Å². The lowest BCUT2D eigenvalue weighted by Crippen LogP contribution is -2.40. The number of ether oxygens (including phenoxy) is 2. The molecule has 0 aliphatic heterocycles. The number of fused-ring (bicyclic) bond motifs is 1. The molecule has 0 radical (unpaired) electrons. The third kappa shape index (κ3) is 4.82. The molecule has 0 heterocycles. The molecule has 0 saturated heterocycles. The number of nitrogens with two attached hydrogens (primary N) is 1. The maximum absolute atomic E-state index is 9.53. The van der Waals surface area contributed by atoms with E-state index in [4.69, 9.17) is 15.2 Å². The first-order valence-corrected chi connectivity index (χ1v) is 10.9. The second-order valence-electron chi connectivity index (χ2n) is 8.84. The van der Waals surface area contributed by atoms with Crippen LogP contribution in [0.2, 0.25) is 0 Å². The lowest BCUT2D eigenvalue weighted by atomic mass is 9.85. The van der Waals surface area contributed by atoms with Crippen molar-refractivity contribution in [1.82, 2.24) is 0 Å². The highest BCUT2D eigenvalue weighted by Gasteiger charge is 2.36. The highest BCUT2D eigenvalue weighted by Crippen LogP contribution is 2.40. The first-order chi connectivity index (χ1) is 14.1. The number of aryl methyl sites for hydroxylation is 2. The van der Waals surface area contributed by atoms with E-state index in [2.05, 4.69) is 31.2 Å². The number of hydrogen-bond donors (Lipinski definition) is 2. The Balaban J connectivity index is 1.27. The molecule has 4 rings (SSSR count). The zero-order chi connectivity index (χ0) is 20.3. The fourth-order valence-electron chi connectivity index (χ4n) is 4.81. The Kier molecular flexibility index (Phi) is 6.23. The van der Waals surface area contributed by atoms with Crippen LogP contribution in [-0.2, 0) is 17.6 Å². The van der Waals surface area contributed by atoms with E-state index in [1.807, 2.05) is 18.2 Å². The Bertz CT molecular complexity index is 837. The Morgan fingerprint density at radius 1 is 1.10 bits per heavy atom. The third-order valence-corrected chi connectivity index (χ3v) is 6.63. The van der Waals surface area contributed by atoms with Crippen molar-refractivity contribution in [2.75, 3.05) is 19.8 Å². The first-order valence-electron chi connectivity index (χ1n) is 10.9. The summed E-state index contributed by atoms with van der Waals surface area (Å²) in [4.78, 5) is 0. The smallest absolute Gasteiger partial charge is 0.122 e. The maximum atomic E-state index is 9.53. The van der Waals surface area contributed by atoms with Gasteiger partial charge in [-0.25, -0.2) is 0 Å². The van der Waals surface area contributed by atoms with Crippen LogP contribution in [-0.4, -0.2) is 36.6 Å². The molecule has 0 spiro atoms. The molecule has 156 valence electrons. The van der Waals surface area contributed by atoms with Crippen LogP contribution in [0.25, 0.3) is 0 Å². The molecule has 4 nitrogen and oxygen atoms in total. The minimum absolute atomic E-state index is 0.0843. The van der Waals surface area contributed by atoms with Gasteiger partial charge in [0.1, 0.15) is 12.4 Å². The Morgan fingerprint density at radius 3 is 2.76 bits per heavy atom. The second kappa shape index (κ2) is 8.86. The summed E-state index contributed by atoms with van der Waals surface area (Å²) in [7, 11) is 0. The molecule has 0 bridgehead atoms. The highest BCUT2D eigenvalue weighted by molar-refractivity contribution is 5.37.